The molecule has 0 bridgehead atoms. The molecule has 1 aromatic carbocycles. The number of benzene rings is 1. The van der Waals surface area contributed by atoms with E-state index < -0.39 is 0 Å². The van der Waals surface area contributed by atoms with Crippen LogP contribution in [-0.4, -0.2) is 12.8 Å². The Balaban J connectivity index is 2.24. The first-order valence-corrected chi connectivity index (χ1v) is 5.14. The van der Waals surface area contributed by atoms with Crippen molar-refractivity contribution < 1.29 is 0 Å². The van der Waals surface area contributed by atoms with Crippen molar-refractivity contribution in [3.8, 4) is 0 Å². The van der Waals surface area contributed by atoms with Gasteiger partial charge < -0.3 is 0 Å². The highest BCUT2D eigenvalue weighted by Gasteiger charge is 2.08. The molecule has 0 unspecified atom stereocenters. The molecule has 1 aliphatic heterocycles. The normalized spacial score (nSPS) is 14.6. The molecule has 0 aliphatic carbocycles. The van der Waals surface area contributed by atoms with Crippen LogP contribution in [0.4, 0.5) is 0 Å². The summed E-state index contributed by atoms with van der Waals surface area (Å²) in [5.74, 6) is 0. The van der Waals surface area contributed by atoms with Gasteiger partial charge in [-0.3, -0.25) is 4.99 Å². The Kier molecular flexibility index (Phi) is 2.90. The highest BCUT2D eigenvalue weighted by atomic mass is 35.5. The third kappa shape index (κ3) is 1.99. The Morgan fingerprint density at radius 3 is 2.50 bits per heavy atom. The van der Waals surface area contributed by atoms with Crippen molar-refractivity contribution in [2.45, 2.75) is 6.42 Å². The van der Waals surface area contributed by atoms with E-state index in [1.54, 1.807) is 0 Å². The summed E-state index contributed by atoms with van der Waals surface area (Å²) in [5, 5.41) is 1.45. The van der Waals surface area contributed by atoms with Gasteiger partial charge in [0.25, 0.3) is 0 Å². The third-order valence-electron chi connectivity index (χ3n) is 2.18. The highest BCUT2D eigenvalue weighted by molar-refractivity contribution is 6.36. The summed E-state index contributed by atoms with van der Waals surface area (Å²) in [6, 6.07) is 5.58. The minimum atomic E-state index is 0.727. The number of rotatable bonds is 2. The van der Waals surface area contributed by atoms with Crippen LogP contribution in [0.3, 0.4) is 0 Å². The number of hydrogen-bond donors (Lipinski definition) is 0. The van der Waals surface area contributed by atoms with E-state index in [2.05, 4.69) is 4.99 Å². The van der Waals surface area contributed by atoms with Crippen LogP contribution in [0, 0.1) is 0 Å². The molecule has 0 saturated heterocycles. The second-order valence-corrected chi connectivity index (χ2v) is 4.01. The first-order valence-electron chi connectivity index (χ1n) is 4.38. The monoisotopic (exact) mass is 225 g/mol. The van der Waals surface area contributed by atoms with Crippen molar-refractivity contribution in [2.24, 2.45) is 4.99 Å². The van der Waals surface area contributed by atoms with E-state index in [0.29, 0.717) is 0 Å². The molecule has 72 valence electrons. The molecule has 1 aliphatic rings. The van der Waals surface area contributed by atoms with E-state index >= 15 is 0 Å². The number of hydrogen-bond acceptors (Lipinski definition) is 1. The van der Waals surface area contributed by atoms with E-state index in [1.807, 2.05) is 30.5 Å². The second kappa shape index (κ2) is 4.16. The largest absolute Gasteiger partial charge is 0.289 e. The predicted octanol–water partition coefficient (Wildman–Crippen LogP) is 3.55. The Morgan fingerprint density at radius 2 is 1.93 bits per heavy atom. The molecule has 1 aromatic rings. The molecule has 0 N–H and O–H groups in total. The SMILES string of the molecule is Clc1cccc(Cl)c1CC1=CC=NC1. The molecule has 1 heterocycles. The highest BCUT2D eigenvalue weighted by Crippen LogP contribution is 2.27. The maximum atomic E-state index is 6.06. The number of aliphatic imine (C=N–C) groups is 1. The Bertz CT molecular complexity index is 387. The van der Waals surface area contributed by atoms with Crippen LogP contribution in [0.1, 0.15) is 5.56 Å². The van der Waals surface area contributed by atoms with Crippen molar-refractivity contribution in [2.75, 3.05) is 6.54 Å². The predicted molar refractivity (Wildman–Crippen MR) is 61.6 cm³/mol. The summed E-state index contributed by atoms with van der Waals surface area (Å²) in [7, 11) is 0. The molecular formula is C11H9Cl2N. The Morgan fingerprint density at radius 1 is 1.21 bits per heavy atom. The van der Waals surface area contributed by atoms with Crippen LogP contribution in [0.2, 0.25) is 10.0 Å². The molecule has 0 atom stereocenters. The lowest BCUT2D eigenvalue weighted by atomic mass is 10.1. The van der Waals surface area contributed by atoms with Crippen LogP contribution in [0.5, 0.6) is 0 Å². The van der Waals surface area contributed by atoms with Gasteiger partial charge in [-0.2, -0.15) is 0 Å². The fourth-order valence-electron chi connectivity index (χ4n) is 1.42. The van der Waals surface area contributed by atoms with E-state index in [1.165, 1.54) is 5.57 Å². The molecule has 0 spiro atoms. The maximum absolute atomic E-state index is 6.06. The summed E-state index contributed by atoms with van der Waals surface area (Å²) >= 11 is 12.1. The van der Waals surface area contributed by atoms with Crippen molar-refractivity contribution in [1.82, 2.24) is 0 Å². The molecule has 0 aromatic heterocycles. The molecular weight excluding hydrogens is 217 g/mol. The van der Waals surface area contributed by atoms with Gasteiger partial charge in [0, 0.05) is 16.3 Å². The Hall–Kier alpha value is -0.790. The average molecular weight is 226 g/mol. The van der Waals surface area contributed by atoms with Gasteiger partial charge >= 0.3 is 0 Å². The minimum absolute atomic E-state index is 0.727. The van der Waals surface area contributed by atoms with Crippen molar-refractivity contribution in [3.63, 3.8) is 0 Å². The molecule has 3 heteroatoms. The van der Waals surface area contributed by atoms with Crippen LogP contribution >= 0.6 is 23.2 Å². The van der Waals surface area contributed by atoms with Gasteiger partial charge in [-0.15, -0.1) is 0 Å². The van der Waals surface area contributed by atoms with Crippen molar-refractivity contribution in [1.29, 1.82) is 0 Å². The first-order chi connectivity index (χ1) is 6.77. The lowest BCUT2D eigenvalue weighted by Gasteiger charge is -2.06. The number of allylic oxidation sites excluding steroid dienone is 1. The summed E-state index contributed by atoms with van der Waals surface area (Å²) in [6.07, 6.45) is 4.62. The molecule has 0 fully saturated rings. The van der Waals surface area contributed by atoms with E-state index in [0.717, 1.165) is 28.6 Å². The van der Waals surface area contributed by atoms with Crippen molar-refractivity contribution in [3.05, 3.63) is 45.5 Å². The van der Waals surface area contributed by atoms with Crippen LogP contribution in [0.15, 0.2) is 34.8 Å². The molecule has 0 saturated carbocycles. The van der Waals surface area contributed by atoms with E-state index in [9.17, 15) is 0 Å². The lowest BCUT2D eigenvalue weighted by Crippen LogP contribution is -1.93. The zero-order valence-electron chi connectivity index (χ0n) is 7.50. The summed E-state index contributed by atoms with van der Waals surface area (Å²) in [6.45, 7) is 0.765. The maximum Gasteiger partial charge on any atom is 0.0606 e. The zero-order chi connectivity index (χ0) is 9.97. The zero-order valence-corrected chi connectivity index (χ0v) is 9.02. The Labute approximate surface area is 93.1 Å². The smallest absolute Gasteiger partial charge is 0.0606 e. The van der Waals surface area contributed by atoms with Gasteiger partial charge in [0.2, 0.25) is 0 Å². The average Bonchev–Trinajstić information content (AvgIpc) is 2.64. The standard InChI is InChI=1S/C11H9Cl2N/c12-10-2-1-3-11(13)9(10)6-8-4-5-14-7-8/h1-5H,6-7H2. The summed E-state index contributed by atoms with van der Waals surface area (Å²) < 4.78 is 0. The van der Waals surface area contributed by atoms with Gasteiger partial charge in [-0.25, -0.2) is 0 Å². The number of halogens is 2. The fourth-order valence-corrected chi connectivity index (χ4v) is 1.95. The van der Waals surface area contributed by atoms with Gasteiger partial charge in [0.05, 0.1) is 6.54 Å². The summed E-state index contributed by atoms with van der Waals surface area (Å²) in [5.41, 5.74) is 2.24. The molecule has 1 nitrogen and oxygen atoms in total. The molecule has 0 amide bonds. The van der Waals surface area contributed by atoms with Crippen LogP contribution < -0.4 is 0 Å². The number of nitrogens with zero attached hydrogens (tertiary/aromatic N) is 1. The fraction of sp³-hybridized carbons (Fsp3) is 0.182. The van der Waals surface area contributed by atoms with Crippen LogP contribution in [0.25, 0.3) is 0 Å². The van der Waals surface area contributed by atoms with Gasteiger partial charge in [0.1, 0.15) is 0 Å². The molecule has 0 radical (unpaired) electrons. The topological polar surface area (TPSA) is 12.4 Å². The van der Waals surface area contributed by atoms with Gasteiger partial charge in [-0.05, 0) is 35.8 Å². The van der Waals surface area contributed by atoms with Crippen LogP contribution in [-0.2, 0) is 6.42 Å². The van der Waals surface area contributed by atoms with Crippen molar-refractivity contribution >= 4 is 29.4 Å². The quantitative estimate of drug-likeness (QED) is 0.731. The summed E-state index contributed by atoms with van der Waals surface area (Å²) in [4.78, 5) is 4.12. The van der Waals surface area contributed by atoms with Gasteiger partial charge in [0.15, 0.2) is 0 Å². The first kappa shape index (κ1) is 9.75. The second-order valence-electron chi connectivity index (χ2n) is 3.19. The van der Waals surface area contributed by atoms with E-state index in [4.69, 9.17) is 23.2 Å². The van der Waals surface area contributed by atoms with E-state index in [-0.39, 0.29) is 0 Å². The third-order valence-corrected chi connectivity index (χ3v) is 2.88. The van der Waals surface area contributed by atoms with Gasteiger partial charge in [-0.1, -0.05) is 29.3 Å². The lowest BCUT2D eigenvalue weighted by molar-refractivity contribution is 1.07. The molecule has 2 rings (SSSR count). The molecule has 14 heavy (non-hydrogen) atoms. The minimum Gasteiger partial charge on any atom is -0.289 e.